The van der Waals surface area contributed by atoms with E-state index in [0.29, 0.717) is 6.54 Å². The Kier molecular flexibility index (Phi) is 5.24. The van der Waals surface area contributed by atoms with Crippen LogP contribution in [0.4, 0.5) is 20.4 Å². The Morgan fingerprint density at radius 2 is 1.95 bits per heavy atom. The van der Waals surface area contributed by atoms with E-state index in [1.807, 2.05) is 18.7 Å². The van der Waals surface area contributed by atoms with Crippen molar-refractivity contribution in [2.24, 2.45) is 0 Å². The maximum atomic E-state index is 13.7. The molecule has 0 aliphatic carbocycles. The van der Waals surface area contributed by atoms with Crippen LogP contribution in [0.5, 0.6) is 0 Å². The van der Waals surface area contributed by atoms with Gasteiger partial charge in [0.2, 0.25) is 0 Å². The van der Waals surface area contributed by atoms with Crippen LogP contribution in [-0.2, 0) is 0 Å². The molecule has 0 bridgehead atoms. The molecule has 0 amide bonds. The van der Waals surface area contributed by atoms with Crippen LogP contribution < -0.4 is 10.6 Å². The number of nitrogens with one attached hydrogen (secondary N) is 2. The average Bonchev–Trinajstić information content (AvgIpc) is 2.42. The van der Waals surface area contributed by atoms with Crippen molar-refractivity contribution in [2.75, 3.05) is 28.7 Å². The van der Waals surface area contributed by atoms with Gasteiger partial charge in [0.05, 0.1) is 0 Å². The molecule has 0 saturated carbocycles. The molecular formula is C13H19F2N3S. The Bertz CT molecular complexity index is 423. The second-order valence-electron chi connectivity index (χ2n) is 4.61. The first kappa shape index (κ1) is 14.4. The van der Waals surface area contributed by atoms with Crippen molar-refractivity contribution in [1.82, 2.24) is 4.98 Å². The highest BCUT2D eigenvalue weighted by Crippen LogP contribution is 2.24. The molecule has 106 valence electrons. The predicted octanol–water partition coefficient (Wildman–Crippen LogP) is 3.49. The topological polar surface area (TPSA) is 37.0 Å². The molecule has 2 heterocycles. The summed E-state index contributed by atoms with van der Waals surface area (Å²) >= 11 is 1.90. The van der Waals surface area contributed by atoms with Crippen molar-refractivity contribution in [3.05, 3.63) is 17.7 Å². The third-order valence-electron chi connectivity index (χ3n) is 3.03. The van der Waals surface area contributed by atoms with Crippen LogP contribution in [0.3, 0.4) is 0 Å². The van der Waals surface area contributed by atoms with Gasteiger partial charge in [-0.1, -0.05) is 6.92 Å². The van der Waals surface area contributed by atoms with Crippen LogP contribution in [0, 0.1) is 11.6 Å². The summed E-state index contributed by atoms with van der Waals surface area (Å²) in [6.45, 7) is 2.60. The van der Waals surface area contributed by atoms with E-state index in [9.17, 15) is 8.78 Å². The van der Waals surface area contributed by atoms with E-state index in [4.69, 9.17) is 0 Å². The summed E-state index contributed by atoms with van der Waals surface area (Å²) in [5.74, 6) is 1.14. The molecular weight excluding hydrogens is 268 g/mol. The Labute approximate surface area is 116 Å². The number of pyridine rings is 1. The van der Waals surface area contributed by atoms with E-state index >= 15 is 0 Å². The molecule has 0 radical (unpaired) electrons. The van der Waals surface area contributed by atoms with E-state index < -0.39 is 11.6 Å². The van der Waals surface area contributed by atoms with Crippen LogP contribution in [0.1, 0.15) is 26.2 Å². The average molecular weight is 287 g/mol. The minimum atomic E-state index is -0.643. The van der Waals surface area contributed by atoms with E-state index in [1.54, 1.807) is 0 Å². The lowest BCUT2D eigenvalue weighted by Gasteiger charge is -2.23. The third kappa shape index (κ3) is 3.96. The molecule has 1 aromatic rings. The number of hydrogen-bond acceptors (Lipinski definition) is 4. The Balaban J connectivity index is 2.09. The van der Waals surface area contributed by atoms with Crippen LogP contribution in [0.15, 0.2) is 6.07 Å². The molecule has 19 heavy (non-hydrogen) atoms. The lowest BCUT2D eigenvalue weighted by molar-refractivity contribution is 0.571. The number of hydrogen-bond donors (Lipinski definition) is 2. The zero-order valence-corrected chi connectivity index (χ0v) is 11.8. The van der Waals surface area contributed by atoms with Crippen molar-refractivity contribution in [3.63, 3.8) is 0 Å². The molecule has 0 atom stereocenters. The summed E-state index contributed by atoms with van der Waals surface area (Å²) in [6.07, 6.45) is 2.84. The number of aromatic nitrogens is 1. The number of anilines is 2. The molecule has 2 N–H and O–H groups in total. The van der Waals surface area contributed by atoms with Crippen molar-refractivity contribution >= 4 is 23.4 Å². The van der Waals surface area contributed by atoms with Crippen molar-refractivity contribution in [3.8, 4) is 0 Å². The predicted molar refractivity (Wildman–Crippen MR) is 76.9 cm³/mol. The Morgan fingerprint density at radius 1 is 1.26 bits per heavy atom. The van der Waals surface area contributed by atoms with Crippen molar-refractivity contribution in [1.29, 1.82) is 0 Å². The maximum Gasteiger partial charge on any atom is 0.168 e. The van der Waals surface area contributed by atoms with Gasteiger partial charge in [-0.2, -0.15) is 11.8 Å². The highest BCUT2D eigenvalue weighted by molar-refractivity contribution is 7.99. The van der Waals surface area contributed by atoms with Gasteiger partial charge >= 0.3 is 0 Å². The molecule has 2 rings (SSSR count). The first-order valence-corrected chi connectivity index (χ1v) is 7.80. The van der Waals surface area contributed by atoms with Gasteiger partial charge in [0.1, 0.15) is 0 Å². The minimum absolute atomic E-state index is 0.121. The number of rotatable bonds is 5. The number of thioether (sulfide) groups is 1. The summed E-state index contributed by atoms with van der Waals surface area (Å²) in [7, 11) is 0. The molecule has 6 heteroatoms. The fraction of sp³-hybridized carbons (Fsp3) is 0.615. The van der Waals surface area contributed by atoms with E-state index in [-0.39, 0.29) is 17.7 Å². The smallest absolute Gasteiger partial charge is 0.168 e. The molecule has 3 nitrogen and oxygen atoms in total. The van der Waals surface area contributed by atoms with Gasteiger partial charge in [-0.05, 0) is 30.8 Å². The van der Waals surface area contributed by atoms with Gasteiger partial charge in [-0.3, -0.25) is 0 Å². The summed E-state index contributed by atoms with van der Waals surface area (Å²) in [6, 6.07) is 1.12. The molecule has 0 aromatic carbocycles. The Hall–Kier alpha value is -1.04. The van der Waals surface area contributed by atoms with Gasteiger partial charge in [0.25, 0.3) is 0 Å². The fourth-order valence-electron chi connectivity index (χ4n) is 1.97. The zero-order chi connectivity index (χ0) is 13.7. The SMILES string of the molecule is CCCNc1nc(NC2CCSCC2)c(F)cc1F. The largest absolute Gasteiger partial charge is 0.368 e. The molecule has 1 fully saturated rings. The normalized spacial score (nSPS) is 16.4. The second kappa shape index (κ2) is 6.93. The van der Waals surface area contributed by atoms with E-state index in [1.165, 1.54) is 0 Å². The molecule has 1 aliphatic rings. The van der Waals surface area contributed by atoms with E-state index in [0.717, 1.165) is 36.8 Å². The first-order chi connectivity index (χ1) is 9.20. The summed E-state index contributed by atoms with van der Waals surface area (Å²) in [4.78, 5) is 4.02. The van der Waals surface area contributed by atoms with Gasteiger partial charge in [-0.25, -0.2) is 13.8 Å². The quantitative estimate of drug-likeness (QED) is 0.869. The first-order valence-electron chi connectivity index (χ1n) is 6.65. The summed E-state index contributed by atoms with van der Waals surface area (Å²) in [5, 5.41) is 5.96. The number of halogens is 2. The maximum absolute atomic E-state index is 13.7. The standard InChI is InChI=1S/C13H19F2N3S/c1-2-5-16-12-10(14)8-11(15)13(18-12)17-9-3-6-19-7-4-9/h8-9H,2-7H2,1H3,(H2,16,17,18). The molecule has 0 unspecified atom stereocenters. The van der Waals surface area contributed by atoms with Crippen LogP contribution >= 0.6 is 11.8 Å². The Morgan fingerprint density at radius 3 is 2.63 bits per heavy atom. The molecule has 0 spiro atoms. The lowest BCUT2D eigenvalue weighted by atomic mass is 10.1. The monoisotopic (exact) mass is 287 g/mol. The third-order valence-corrected chi connectivity index (χ3v) is 4.08. The van der Waals surface area contributed by atoms with Crippen LogP contribution in [0.25, 0.3) is 0 Å². The van der Waals surface area contributed by atoms with Crippen molar-refractivity contribution < 1.29 is 8.78 Å². The highest BCUT2D eigenvalue weighted by atomic mass is 32.2. The van der Waals surface area contributed by atoms with Gasteiger partial charge in [0, 0.05) is 18.7 Å². The highest BCUT2D eigenvalue weighted by Gasteiger charge is 2.17. The minimum Gasteiger partial charge on any atom is -0.368 e. The van der Waals surface area contributed by atoms with Crippen molar-refractivity contribution in [2.45, 2.75) is 32.2 Å². The van der Waals surface area contributed by atoms with Gasteiger partial charge < -0.3 is 10.6 Å². The second-order valence-corrected chi connectivity index (χ2v) is 5.83. The van der Waals surface area contributed by atoms with Crippen LogP contribution in [0.2, 0.25) is 0 Å². The summed E-state index contributed by atoms with van der Waals surface area (Å²) in [5.41, 5.74) is 0. The molecule has 1 aromatic heterocycles. The van der Waals surface area contributed by atoms with Crippen LogP contribution in [-0.4, -0.2) is 29.1 Å². The molecule has 1 saturated heterocycles. The fourth-order valence-corrected chi connectivity index (χ4v) is 3.08. The zero-order valence-electron chi connectivity index (χ0n) is 11.0. The number of nitrogens with zero attached hydrogens (tertiary/aromatic N) is 1. The van der Waals surface area contributed by atoms with Gasteiger partial charge in [0.15, 0.2) is 23.3 Å². The molecule has 1 aliphatic heterocycles. The van der Waals surface area contributed by atoms with Gasteiger partial charge in [-0.15, -0.1) is 0 Å². The summed E-state index contributed by atoms with van der Waals surface area (Å²) < 4.78 is 27.2. The lowest BCUT2D eigenvalue weighted by Crippen LogP contribution is -2.26. The van der Waals surface area contributed by atoms with E-state index in [2.05, 4.69) is 15.6 Å².